The second kappa shape index (κ2) is 5.46. The summed E-state index contributed by atoms with van der Waals surface area (Å²) in [6.07, 6.45) is 2.80. The lowest BCUT2D eigenvalue weighted by molar-refractivity contribution is 0.474. The third kappa shape index (κ3) is 3.32. The predicted octanol–water partition coefficient (Wildman–Crippen LogP) is 3.36. The highest BCUT2D eigenvalue weighted by molar-refractivity contribution is 5.40. The largest absolute Gasteiger partial charge is 0.508 e. The van der Waals surface area contributed by atoms with Crippen LogP contribution < -0.4 is 0 Å². The highest BCUT2D eigenvalue weighted by Crippen LogP contribution is 2.21. The molecule has 0 spiro atoms. The molecule has 80 valence electrons. The summed E-state index contributed by atoms with van der Waals surface area (Å²) in [4.78, 5) is 0. The Kier molecular flexibility index (Phi) is 4.24. The van der Waals surface area contributed by atoms with Crippen LogP contribution in [0.25, 0.3) is 0 Å². The highest BCUT2D eigenvalue weighted by atomic mass is 16.3. The van der Waals surface area contributed by atoms with Gasteiger partial charge in [-0.3, -0.25) is 0 Å². The number of phenolic OH excluding ortho intramolecular Hbond substituents is 1. The topological polar surface area (TPSA) is 20.2 Å². The molecule has 0 atom stereocenters. The standard InChI is InChI=1S/C14H18O/c1-4-5-6-7-8-14-11(2)9-13(15)10-12(14)3/h9-10,15H,4,7-8H2,1-3H3. The molecule has 15 heavy (non-hydrogen) atoms. The normalized spacial score (nSPS) is 9.53. The van der Waals surface area contributed by atoms with Crippen molar-refractivity contribution in [3.63, 3.8) is 0 Å². The Labute approximate surface area is 92.1 Å². The zero-order chi connectivity index (χ0) is 11.3. The molecule has 1 aromatic carbocycles. The van der Waals surface area contributed by atoms with E-state index in [4.69, 9.17) is 0 Å². The van der Waals surface area contributed by atoms with Gasteiger partial charge in [0.05, 0.1) is 0 Å². The van der Waals surface area contributed by atoms with Crippen LogP contribution in [-0.4, -0.2) is 5.11 Å². The zero-order valence-electron chi connectivity index (χ0n) is 9.72. The zero-order valence-corrected chi connectivity index (χ0v) is 9.72. The molecule has 0 saturated heterocycles. The minimum Gasteiger partial charge on any atom is -0.508 e. The molecule has 1 aromatic rings. The monoisotopic (exact) mass is 202 g/mol. The molecule has 0 aromatic heterocycles. The van der Waals surface area contributed by atoms with Crippen molar-refractivity contribution >= 4 is 0 Å². The Morgan fingerprint density at radius 3 is 2.27 bits per heavy atom. The molecular formula is C14H18O. The lowest BCUT2D eigenvalue weighted by Crippen LogP contribution is -1.93. The fraction of sp³-hybridized carbons (Fsp3) is 0.429. The summed E-state index contributed by atoms with van der Waals surface area (Å²) < 4.78 is 0. The van der Waals surface area contributed by atoms with Gasteiger partial charge in [-0.05, 0) is 49.1 Å². The van der Waals surface area contributed by atoms with Gasteiger partial charge in [-0.25, -0.2) is 0 Å². The average Bonchev–Trinajstić information content (AvgIpc) is 2.15. The van der Waals surface area contributed by atoms with E-state index in [9.17, 15) is 5.11 Å². The average molecular weight is 202 g/mol. The van der Waals surface area contributed by atoms with Crippen LogP contribution in [0, 0.1) is 25.7 Å². The van der Waals surface area contributed by atoms with Crippen LogP contribution in [0.4, 0.5) is 0 Å². The van der Waals surface area contributed by atoms with Crippen LogP contribution in [0.2, 0.25) is 0 Å². The Balaban J connectivity index is 2.77. The SMILES string of the molecule is CCC#CCCc1c(C)cc(O)cc1C. The van der Waals surface area contributed by atoms with E-state index in [-0.39, 0.29) is 0 Å². The first kappa shape index (κ1) is 11.7. The second-order valence-corrected chi connectivity index (χ2v) is 3.77. The number of hydrogen-bond acceptors (Lipinski definition) is 1. The molecule has 0 radical (unpaired) electrons. The molecule has 0 heterocycles. The maximum Gasteiger partial charge on any atom is 0.116 e. The highest BCUT2D eigenvalue weighted by Gasteiger charge is 2.03. The molecule has 1 nitrogen and oxygen atoms in total. The molecule has 0 fully saturated rings. The fourth-order valence-corrected chi connectivity index (χ4v) is 1.77. The number of rotatable bonds is 2. The first-order chi connectivity index (χ1) is 7.15. The van der Waals surface area contributed by atoms with Crippen LogP contribution >= 0.6 is 0 Å². The Morgan fingerprint density at radius 1 is 1.13 bits per heavy atom. The Hall–Kier alpha value is -1.42. The van der Waals surface area contributed by atoms with Crippen molar-refractivity contribution in [1.29, 1.82) is 0 Å². The van der Waals surface area contributed by atoms with E-state index in [0.717, 1.165) is 30.4 Å². The van der Waals surface area contributed by atoms with Gasteiger partial charge in [-0.2, -0.15) is 0 Å². The van der Waals surface area contributed by atoms with E-state index >= 15 is 0 Å². The summed E-state index contributed by atoms with van der Waals surface area (Å²) in [6, 6.07) is 3.63. The minimum absolute atomic E-state index is 0.355. The molecule has 0 bridgehead atoms. The molecule has 0 unspecified atom stereocenters. The van der Waals surface area contributed by atoms with Gasteiger partial charge >= 0.3 is 0 Å². The summed E-state index contributed by atoms with van der Waals surface area (Å²) in [5, 5.41) is 9.40. The van der Waals surface area contributed by atoms with Gasteiger partial charge in [-0.15, -0.1) is 11.8 Å². The summed E-state index contributed by atoms with van der Waals surface area (Å²) in [7, 11) is 0. The van der Waals surface area contributed by atoms with Crippen molar-refractivity contribution in [2.24, 2.45) is 0 Å². The van der Waals surface area contributed by atoms with Gasteiger partial charge in [0.2, 0.25) is 0 Å². The van der Waals surface area contributed by atoms with Crippen molar-refractivity contribution in [2.75, 3.05) is 0 Å². The number of hydrogen-bond donors (Lipinski definition) is 1. The number of benzene rings is 1. The number of aryl methyl sites for hydroxylation is 2. The van der Waals surface area contributed by atoms with E-state index in [2.05, 4.69) is 18.8 Å². The van der Waals surface area contributed by atoms with E-state index in [1.165, 1.54) is 5.56 Å². The smallest absolute Gasteiger partial charge is 0.116 e. The van der Waals surface area contributed by atoms with E-state index < -0.39 is 0 Å². The van der Waals surface area contributed by atoms with Crippen molar-refractivity contribution < 1.29 is 5.11 Å². The fourth-order valence-electron chi connectivity index (χ4n) is 1.77. The molecule has 1 N–H and O–H groups in total. The van der Waals surface area contributed by atoms with Crippen molar-refractivity contribution in [1.82, 2.24) is 0 Å². The van der Waals surface area contributed by atoms with Gasteiger partial charge in [0.25, 0.3) is 0 Å². The maximum atomic E-state index is 9.40. The molecule has 0 amide bonds. The number of phenols is 1. The molecule has 1 heteroatoms. The van der Waals surface area contributed by atoms with Crippen molar-refractivity contribution in [3.05, 3.63) is 28.8 Å². The van der Waals surface area contributed by atoms with Crippen LogP contribution in [0.15, 0.2) is 12.1 Å². The molecule has 0 saturated carbocycles. The summed E-state index contributed by atoms with van der Waals surface area (Å²) in [5.74, 6) is 6.56. The van der Waals surface area contributed by atoms with Crippen LogP contribution in [0.1, 0.15) is 36.5 Å². The first-order valence-corrected chi connectivity index (χ1v) is 5.40. The van der Waals surface area contributed by atoms with Crippen molar-refractivity contribution in [2.45, 2.75) is 40.0 Å². The molecule has 1 rings (SSSR count). The molecule has 0 aliphatic rings. The Bertz CT molecular complexity index is 371. The predicted molar refractivity (Wildman–Crippen MR) is 64.0 cm³/mol. The molecular weight excluding hydrogens is 184 g/mol. The minimum atomic E-state index is 0.355. The summed E-state index contributed by atoms with van der Waals surface area (Å²) in [5.41, 5.74) is 3.63. The van der Waals surface area contributed by atoms with Crippen molar-refractivity contribution in [3.8, 4) is 17.6 Å². The van der Waals surface area contributed by atoms with E-state index in [0.29, 0.717) is 5.75 Å². The Morgan fingerprint density at radius 2 is 1.73 bits per heavy atom. The molecule has 0 aliphatic carbocycles. The summed E-state index contributed by atoms with van der Waals surface area (Å²) in [6.45, 7) is 6.13. The van der Waals surface area contributed by atoms with Crippen LogP contribution in [0.5, 0.6) is 5.75 Å². The third-order valence-electron chi connectivity index (χ3n) is 2.48. The second-order valence-electron chi connectivity index (χ2n) is 3.77. The van der Waals surface area contributed by atoms with Gasteiger partial charge in [-0.1, -0.05) is 6.92 Å². The number of aromatic hydroxyl groups is 1. The first-order valence-electron chi connectivity index (χ1n) is 5.40. The molecule has 0 aliphatic heterocycles. The van der Waals surface area contributed by atoms with E-state index in [1.807, 2.05) is 26.0 Å². The van der Waals surface area contributed by atoms with Crippen LogP contribution in [0.3, 0.4) is 0 Å². The third-order valence-corrected chi connectivity index (χ3v) is 2.48. The summed E-state index contributed by atoms with van der Waals surface area (Å²) >= 11 is 0. The lowest BCUT2D eigenvalue weighted by atomic mass is 9.98. The van der Waals surface area contributed by atoms with E-state index in [1.54, 1.807) is 0 Å². The lowest BCUT2D eigenvalue weighted by Gasteiger charge is -2.08. The van der Waals surface area contributed by atoms with Gasteiger partial charge in [0, 0.05) is 12.8 Å². The van der Waals surface area contributed by atoms with Gasteiger partial charge < -0.3 is 5.11 Å². The van der Waals surface area contributed by atoms with Gasteiger partial charge in [0.1, 0.15) is 5.75 Å². The maximum absolute atomic E-state index is 9.40. The van der Waals surface area contributed by atoms with Gasteiger partial charge in [0.15, 0.2) is 0 Å². The quantitative estimate of drug-likeness (QED) is 0.729. The van der Waals surface area contributed by atoms with Crippen LogP contribution in [-0.2, 0) is 6.42 Å².